The lowest BCUT2D eigenvalue weighted by atomic mass is 10.1. The van der Waals surface area contributed by atoms with Crippen LogP contribution in [0, 0.1) is 0 Å². The summed E-state index contributed by atoms with van der Waals surface area (Å²) >= 11 is 0. The molecule has 2 rings (SSSR count). The van der Waals surface area contributed by atoms with Gasteiger partial charge in [-0.1, -0.05) is 36.4 Å². The van der Waals surface area contributed by atoms with Gasteiger partial charge >= 0.3 is 0 Å². The first-order valence-electron chi connectivity index (χ1n) is 5.33. The van der Waals surface area contributed by atoms with E-state index in [1.54, 1.807) is 6.20 Å². The Morgan fingerprint density at radius 2 is 1.67 bits per heavy atom. The number of nitrogens with one attached hydrogen (secondary N) is 1. The highest BCUT2D eigenvalue weighted by Crippen LogP contribution is 2.16. The molecule has 0 saturated heterocycles. The maximum atomic E-state index is 5.76. The average molecular weight is 286 g/mol. The zero-order valence-electron chi connectivity index (χ0n) is 9.82. The van der Waals surface area contributed by atoms with E-state index >= 15 is 0 Å². The van der Waals surface area contributed by atoms with Gasteiger partial charge < -0.3 is 11.1 Å². The van der Waals surface area contributed by atoms with Crippen LogP contribution in [0.4, 0.5) is 5.82 Å². The molecule has 0 saturated carbocycles. The number of rotatable bonds is 4. The monoisotopic (exact) mass is 285 g/mol. The number of hydrogen-bond acceptors (Lipinski definition) is 3. The lowest BCUT2D eigenvalue weighted by Crippen LogP contribution is -2.20. The maximum absolute atomic E-state index is 5.76. The van der Waals surface area contributed by atoms with Gasteiger partial charge in [0.25, 0.3) is 0 Å². The van der Waals surface area contributed by atoms with Crippen molar-refractivity contribution < 1.29 is 0 Å². The van der Waals surface area contributed by atoms with Gasteiger partial charge in [0.05, 0.1) is 6.04 Å². The van der Waals surface area contributed by atoms with Gasteiger partial charge in [-0.15, -0.1) is 24.8 Å². The summed E-state index contributed by atoms with van der Waals surface area (Å²) in [6, 6.07) is 16.0. The number of pyridine rings is 1. The fourth-order valence-corrected chi connectivity index (χ4v) is 1.59. The van der Waals surface area contributed by atoms with E-state index in [0.29, 0.717) is 6.54 Å². The first-order chi connectivity index (χ1) is 7.90. The highest BCUT2D eigenvalue weighted by atomic mass is 35.5. The molecule has 98 valence electrons. The van der Waals surface area contributed by atoms with Crippen molar-refractivity contribution in [1.82, 2.24) is 4.98 Å². The van der Waals surface area contributed by atoms with Gasteiger partial charge in [0.1, 0.15) is 5.82 Å². The molecular weight excluding hydrogens is 269 g/mol. The van der Waals surface area contributed by atoms with Crippen LogP contribution in [-0.4, -0.2) is 11.5 Å². The molecule has 3 nitrogen and oxygen atoms in total. The van der Waals surface area contributed by atoms with E-state index in [9.17, 15) is 0 Å². The minimum absolute atomic E-state index is 0. The molecule has 5 heteroatoms. The Bertz CT molecular complexity index is 423. The third-order valence-corrected chi connectivity index (χ3v) is 2.42. The molecular formula is C13H17Cl2N3. The second kappa shape index (κ2) is 8.75. The van der Waals surface area contributed by atoms with Gasteiger partial charge in [-0.3, -0.25) is 0 Å². The lowest BCUT2D eigenvalue weighted by Gasteiger charge is -2.17. The first kappa shape index (κ1) is 16.7. The summed E-state index contributed by atoms with van der Waals surface area (Å²) in [6.07, 6.45) is 1.76. The average Bonchev–Trinajstić information content (AvgIpc) is 2.38. The molecule has 1 heterocycles. The molecule has 3 N–H and O–H groups in total. The summed E-state index contributed by atoms with van der Waals surface area (Å²) in [7, 11) is 0. The van der Waals surface area contributed by atoms with Crippen molar-refractivity contribution in [2.75, 3.05) is 11.9 Å². The predicted octanol–water partition coefficient (Wildman–Crippen LogP) is 3.04. The van der Waals surface area contributed by atoms with Gasteiger partial charge in [0.2, 0.25) is 0 Å². The molecule has 1 unspecified atom stereocenters. The summed E-state index contributed by atoms with van der Waals surface area (Å²) in [5, 5.41) is 3.31. The molecule has 2 aromatic rings. The van der Waals surface area contributed by atoms with Crippen LogP contribution in [0.2, 0.25) is 0 Å². The van der Waals surface area contributed by atoms with E-state index in [-0.39, 0.29) is 30.9 Å². The van der Waals surface area contributed by atoms with Gasteiger partial charge in [-0.25, -0.2) is 4.98 Å². The van der Waals surface area contributed by atoms with Gasteiger partial charge in [0.15, 0.2) is 0 Å². The Morgan fingerprint density at radius 3 is 2.22 bits per heavy atom. The zero-order chi connectivity index (χ0) is 11.2. The second-order valence-electron chi connectivity index (χ2n) is 3.56. The van der Waals surface area contributed by atoms with Crippen LogP contribution in [0.1, 0.15) is 11.6 Å². The SMILES string of the molecule is Cl.Cl.NCC(Nc1ccccn1)c1ccccc1. The van der Waals surface area contributed by atoms with E-state index in [4.69, 9.17) is 5.73 Å². The number of benzene rings is 1. The minimum Gasteiger partial charge on any atom is -0.362 e. The van der Waals surface area contributed by atoms with Gasteiger partial charge in [-0.05, 0) is 17.7 Å². The molecule has 0 aliphatic carbocycles. The largest absolute Gasteiger partial charge is 0.362 e. The molecule has 0 aliphatic heterocycles. The van der Waals surface area contributed by atoms with Crippen LogP contribution in [0.5, 0.6) is 0 Å². The molecule has 1 atom stereocenters. The topological polar surface area (TPSA) is 50.9 Å². The number of aromatic nitrogens is 1. The summed E-state index contributed by atoms with van der Waals surface area (Å²) < 4.78 is 0. The fraction of sp³-hybridized carbons (Fsp3) is 0.154. The Hall–Kier alpha value is -1.29. The lowest BCUT2D eigenvalue weighted by molar-refractivity contribution is 0.784. The van der Waals surface area contributed by atoms with Crippen molar-refractivity contribution >= 4 is 30.6 Å². The Labute approximate surface area is 120 Å². The fourth-order valence-electron chi connectivity index (χ4n) is 1.59. The Kier molecular flexibility index (Phi) is 8.12. The Balaban J connectivity index is 0.00000144. The highest BCUT2D eigenvalue weighted by Gasteiger charge is 2.08. The molecule has 0 aliphatic rings. The van der Waals surface area contributed by atoms with Crippen molar-refractivity contribution in [3.05, 3.63) is 60.3 Å². The molecule has 1 aromatic carbocycles. The predicted molar refractivity (Wildman–Crippen MR) is 80.6 cm³/mol. The standard InChI is InChI=1S/C13H15N3.2ClH/c14-10-12(11-6-2-1-3-7-11)16-13-8-4-5-9-15-13;;/h1-9,12H,10,14H2,(H,15,16);2*1H. The van der Waals surface area contributed by atoms with E-state index in [1.165, 1.54) is 5.56 Å². The number of halogens is 2. The summed E-state index contributed by atoms with van der Waals surface area (Å²) in [6.45, 7) is 0.542. The Morgan fingerprint density at radius 1 is 1.00 bits per heavy atom. The van der Waals surface area contributed by atoms with E-state index < -0.39 is 0 Å². The van der Waals surface area contributed by atoms with Crippen LogP contribution in [0.3, 0.4) is 0 Å². The van der Waals surface area contributed by atoms with Crippen molar-refractivity contribution in [3.8, 4) is 0 Å². The van der Waals surface area contributed by atoms with Crippen molar-refractivity contribution in [2.45, 2.75) is 6.04 Å². The normalized spacial score (nSPS) is 10.7. The summed E-state index contributed by atoms with van der Waals surface area (Å²) in [5.41, 5.74) is 6.94. The molecule has 0 bridgehead atoms. The number of nitrogens with two attached hydrogens (primary N) is 1. The van der Waals surface area contributed by atoms with Crippen LogP contribution in [-0.2, 0) is 0 Å². The number of anilines is 1. The highest BCUT2D eigenvalue weighted by molar-refractivity contribution is 5.85. The van der Waals surface area contributed by atoms with Crippen LogP contribution in [0.25, 0.3) is 0 Å². The third kappa shape index (κ3) is 4.53. The molecule has 18 heavy (non-hydrogen) atoms. The molecule has 1 aromatic heterocycles. The maximum Gasteiger partial charge on any atom is 0.126 e. The van der Waals surface area contributed by atoms with E-state index in [0.717, 1.165) is 5.82 Å². The summed E-state index contributed by atoms with van der Waals surface area (Å²) in [5.74, 6) is 0.849. The molecule has 0 amide bonds. The summed E-state index contributed by atoms with van der Waals surface area (Å²) in [4.78, 5) is 4.23. The second-order valence-corrected chi connectivity index (χ2v) is 3.56. The quantitative estimate of drug-likeness (QED) is 0.908. The van der Waals surface area contributed by atoms with Crippen LogP contribution in [0.15, 0.2) is 54.7 Å². The van der Waals surface area contributed by atoms with E-state index in [2.05, 4.69) is 22.4 Å². The first-order valence-corrected chi connectivity index (χ1v) is 5.33. The van der Waals surface area contributed by atoms with E-state index in [1.807, 2.05) is 36.4 Å². The minimum atomic E-state index is 0. The van der Waals surface area contributed by atoms with Crippen molar-refractivity contribution in [3.63, 3.8) is 0 Å². The number of nitrogens with zero attached hydrogens (tertiary/aromatic N) is 1. The van der Waals surface area contributed by atoms with Crippen LogP contribution < -0.4 is 11.1 Å². The van der Waals surface area contributed by atoms with Gasteiger partial charge in [-0.2, -0.15) is 0 Å². The van der Waals surface area contributed by atoms with Gasteiger partial charge in [0, 0.05) is 12.7 Å². The number of hydrogen-bond donors (Lipinski definition) is 2. The van der Waals surface area contributed by atoms with Crippen LogP contribution >= 0.6 is 24.8 Å². The zero-order valence-corrected chi connectivity index (χ0v) is 11.5. The molecule has 0 spiro atoms. The smallest absolute Gasteiger partial charge is 0.126 e. The molecule has 0 fully saturated rings. The molecule has 0 radical (unpaired) electrons. The van der Waals surface area contributed by atoms with Crippen molar-refractivity contribution in [1.29, 1.82) is 0 Å². The third-order valence-electron chi connectivity index (χ3n) is 2.42. The van der Waals surface area contributed by atoms with Crippen molar-refractivity contribution in [2.24, 2.45) is 5.73 Å².